The van der Waals surface area contributed by atoms with Crippen LogP contribution in [-0.2, 0) is 12.8 Å². The van der Waals surface area contributed by atoms with E-state index in [1.54, 1.807) is 0 Å². The molecule has 19 heavy (non-hydrogen) atoms. The molecular formula is C17H27NO. The van der Waals surface area contributed by atoms with E-state index in [0.717, 1.165) is 45.1 Å². The molecule has 2 rings (SSSR count). The third kappa shape index (κ3) is 4.63. The van der Waals surface area contributed by atoms with Crippen LogP contribution in [0.3, 0.4) is 0 Å². The lowest BCUT2D eigenvalue weighted by Gasteiger charge is -2.32. The van der Waals surface area contributed by atoms with Gasteiger partial charge in [0.1, 0.15) is 0 Å². The average molecular weight is 261 g/mol. The maximum Gasteiger partial charge on any atom is 0.0651 e. The lowest BCUT2D eigenvalue weighted by molar-refractivity contribution is -0.00342. The Kier molecular flexibility index (Phi) is 5.41. The van der Waals surface area contributed by atoms with Gasteiger partial charge < -0.3 is 10.8 Å². The molecule has 2 nitrogen and oxygen atoms in total. The first kappa shape index (κ1) is 14.5. The molecule has 1 saturated carbocycles. The second-order valence-corrected chi connectivity index (χ2v) is 6.00. The van der Waals surface area contributed by atoms with E-state index < -0.39 is 5.60 Å². The molecule has 1 aliphatic carbocycles. The summed E-state index contributed by atoms with van der Waals surface area (Å²) in [5.74, 6) is 0. The van der Waals surface area contributed by atoms with Crippen LogP contribution in [0.15, 0.2) is 24.3 Å². The summed E-state index contributed by atoms with van der Waals surface area (Å²) in [4.78, 5) is 0. The summed E-state index contributed by atoms with van der Waals surface area (Å²) in [6, 6.07) is 8.76. The molecule has 1 aliphatic rings. The van der Waals surface area contributed by atoms with Gasteiger partial charge in [0.05, 0.1) is 5.60 Å². The van der Waals surface area contributed by atoms with E-state index in [9.17, 15) is 5.11 Å². The molecule has 0 radical (unpaired) electrons. The Balaban J connectivity index is 1.88. The van der Waals surface area contributed by atoms with Crippen LogP contribution in [0.25, 0.3) is 0 Å². The molecule has 0 atom stereocenters. The van der Waals surface area contributed by atoms with Crippen molar-refractivity contribution >= 4 is 0 Å². The predicted octanol–water partition coefficient (Wildman–Crippen LogP) is 3.21. The van der Waals surface area contributed by atoms with Crippen LogP contribution in [0.5, 0.6) is 0 Å². The van der Waals surface area contributed by atoms with Gasteiger partial charge in [-0.1, -0.05) is 43.5 Å². The highest BCUT2D eigenvalue weighted by molar-refractivity contribution is 5.24. The third-order valence-electron chi connectivity index (χ3n) is 4.32. The first-order chi connectivity index (χ1) is 9.22. The molecular weight excluding hydrogens is 234 g/mol. The summed E-state index contributed by atoms with van der Waals surface area (Å²) in [6.45, 7) is 0.754. The second kappa shape index (κ2) is 7.06. The van der Waals surface area contributed by atoms with Crippen LogP contribution < -0.4 is 5.73 Å². The fourth-order valence-electron chi connectivity index (χ4n) is 3.08. The summed E-state index contributed by atoms with van der Waals surface area (Å²) in [5.41, 5.74) is 7.89. The van der Waals surface area contributed by atoms with E-state index in [4.69, 9.17) is 5.73 Å². The standard InChI is InChI=1S/C17H27NO/c18-13-5-8-15-6-4-7-16(14-15)9-12-17(19)10-2-1-3-11-17/h4,6-7,14,19H,1-3,5,8-13,18H2. The molecule has 3 N–H and O–H groups in total. The first-order valence-electron chi connectivity index (χ1n) is 7.72. The Morgan fingerprint density at radius 2 is 1.74 bits per heavy atom. The quantitative estimate of drug-likeness (QED) is 0.826. The van der Waals surface area contributed by atoms with Gasteiger partial charge in [0.2, 0.25) is 0 Å². The van der Waals surface area contributed by atoms with Crippen molar-refractivity contribution in [2.45, 2.75) is 63.4 Å². The van der Waals surface area contributed by atoms with E-state index in [1.807, 2.05) is 0 Å². The van der Waals surface area contributed by atoms with Gasteiger partial charge in [-0.05, 0) is 56.2 Å². The van der Waals surface area contributed by atoms with Crippen molar-refractivity contribution in [1.82, 2.24) is 0 Å². The van der Waals surface area contributed by atoms with Crippen molar-refractivity contribution in [3.05, 3.63) is 35.4 Å². The van der Waals surface area contributed by atoms with Crippen LogP contribution in [0.1, 0.15) is 56.1 Å². The van der Waals surface area contributed by atoms with Crippen LogP contribution in [0, 0.1) is 0 Å². The highest BCUT2D eigenvalue weighted by atomic mass is 16.3. The zero-order valence-electron chi connectivity index (χ0n) is 11.9. The Hall–Kier alpha value is -0.860. The third-order valence-corrected chi connectivity index (χ3v) is 4.32. The van der Waals surface area contributed by atoms with Crippen LogP contribution in [0.2, 0.25) is 0 Å². The number of aryl methyl sites for hydroxylation is 2. The smallest absolute Gasteiger partial charge is 0.0651 e. The fraction of sp³-hybridized carbons (Fsp3) is 0.647. The maximum atomic E-state index is 10.5. The number of hydrogen-bond donors (Lipinski definition) is 2. The van der Waals surface area contributed by atoms with Gasteiger partial charge in [-0.3, -0.25) is 0 Å². The van der Waals surface area contributed by atoms with E-state index in [1.165, 1.54) is 30.4 Å². The van der Waals surface area contributed by atoms with Crippen LogP contribution in [0.4, 0.5) is 0 Å². The summed E-state index contributed by atoms with van der Waals surface area (Å²) < 4.78 is 0. The minimum absolute atomic E-state index is 0.397. The number of rotatable bonds is 6. The lowest BCUT2D eigenvalue weighted by Crippen LogP contribution is -2.31. The molecule has 0 amide bonds. The molecule has 0 aliphatic heterocycles. The highest BCUT2D eigenvalue weighted by Gasteiger charge is 2.28. The van der Waals surface area contributed by atoms with Gasteiger partial charge in [0, 0.05) is 0 Å². The second-order valence-electron chi connectivity index (χ2n) is 6.00. The van der Waals surface area contributed by atoms with Gasteiger partial charge >= 0.3 is 0 Å². The van der Waals surface area contributed by atoms with Crippen molar-refractivity contribution in [2.24, 2.45) is 5.73 Å². The Bertz CT molecular complexity index is 383. The SMILES string of the molecule is NCCCc1cccc(CCC2(O)CCCCC2)c1. The average Bonchev–Trinajstić information content (AvgIpc) is 2.44. The lowest BCUT2D eigenvalue weighted by atomic mass is 9.81. The summed E-state index contributed by atoms with van der Waals surface area (Å²) in [7, 11) is 0. The number of nitrogens with two attached hydrogens (primary N) is 1. The topological polar surface area (TPSA) is 46.2 Å². The van der Waals surface area contributed by atoms with E-state index in [0.29, 0.717) is 0 Å². The Morgan fingerprint density at radius 1 is 1.05 bits per heavy atom. The molecule has 0 heterocycles. The summed E-state index contributed by atoms with van der Waals surface area (Å²) in [6.07, 6.45) is 9.65. The minimum Gasteiger partial charge on any atom is -0.390 e. The van der Waals surface area contributed by atoms with Crippen molar-refractivity contribution < 1.29 is 5.11 Å². The van der Waals surface area contributed by atoms with Gasteiger partial charge in [-0.25, -0.2) is 0 Å². The van der Waals surface area contributed by atoms with Gasteiger partial charge in [0.15, 0.2) is 0 Å². The van der Waals surface area contributed by atoms with E-state index in [2.05, 4.69) is 24.3 Å². The molecule has 2 heteroatoms. The van der Waals surface area contributed by atoms with E-state index in [-0.39, 0.29) is 0 Å². The first-order valence-corrected chi connectivity index (χ1v) is 7.72. The molecule has 0 spiro atoms. The number of aliphatic hydroxyl groups is 1. The molecule has 0 aromatic heterocycles. The van der Waals surface area contributed by atoms with Crippen molar-refractivity contribution in [2.75, 3.05) is 6.54 Å². The largest absolute Gasteiger partial charge is 0.390 e. The normalized spacial score (nSPS) is 18.4. The van der Waals surface area contributed by atoms with Crippen LogP contribution >= 0.6 is 0 Å². The molecule has 106 valence electrons. The molecule has 0 bridgehead atoms. The zero-order valence-corrected chi connectivity index (χ0v) is 11.9. The van der Waals surface area contributed by atoms with Crippen molar-refractivity contribution in [3.8, 4) is 0 Å². The van der Waals surface area contributed by atoms with Gasteiger partial charge in [0.25, 0.3) is 0 Å². The molecule has 1 fully saturated rings. The zero-order chi connectivity index (χ0) is 13.6. The van der Waals surface area contributed by atoms with Crippen LogP contribution in [-0.4, -0.2) is 17.3 Å². The Labute approximate surface area is 117 Å². The molecule has 1 aromatic carbocycles. The molecule has 0 saturated heterocycles. The maximum absolute atomic E-state index is 10.5. The fourth-order valence-corrected chi connectivity index (χ4v) is 3.08. The van der Waals surface area contributed by atoms with Crippen molar-refractivity contribution in [1.29, 1.82) is 0 Å². The number of benzene rings is 1. The molecule has 1 aromatic rings. The minimum atomic E-state index is -0.397. The summed E-state index contributed by atoms with van der Waals surface area (Å²) in [5, 5.41) is 10.5. The van der Waals surface area contributed by atoms with Gasteiger partial charge in [-0.2, -0.15) is 0 Å². The van der Waals surface area contributed by atoms with Gasteiger partial charge in [-0.15, -0.1) is 0 Å². The Morgan fingerprint density at radius 3 is 2.42 bits per heavy atom. The number of hydrogen-bond acceptors (Lipinski definition) is 2. The summed E-state index contributed by atoms with van der Waals surface area (Å²) >= 11 is 0. The van der Waals surface area contributed by atoms with Crippen molar-refractivity contribution in [3.63, 3.8) is 0 Å². The predicted molar refractivity (Wildman–Crippen MR) is 80.2 cm³/mol. The molecule has 0 unspecified atom stereocenters. The highest BCUT2D eigenvalue weighted by Crippen LogP contribution is 2.31. The van der Waals surface area contributed by atoms with E-state index >= 15 is 0 Å². The monoisotopic (exact) mass is 261 g/mol.